The number of rotatable bonds is 5. The van der Waals surface area contributed by atoms with Crippen molar-refractivity contribution in [1.82, 2.24) is 4.90 Å². The highest BCUT2D eigenvalue weighted by Crippen LogP contribution is 2.26. The van der Waals surface area contributed by atoms with Crippen LogP contribution in [-0.4, -0.2) is 30.8 Å². The molecule has 1 saturated heterocycles. The Morgan fingerprint density at radius 1 is 1.25 bits per heavy atom. The molecule has 0 bridgehead atoms. The summed E-state index contributed by atoms with van der Waals surface area (Å²) in [5.74, 6) is 0.874. The second-order valence-electron chi connectivity index (χ2n) is 6.38. The van der Waals surface area contributed by atoms with Gasteiger partial charge in [-0.25, -0.2) is 0 Å². The van der Waals surface area contributed by atoms with E-state index in [0.29, 0.717) is 0 Å². The number of likely N-dealkylation sites (tertiary alicyclic amines) is 1. The van der Waals surface area contributed by atoms with Gasteiger partial charge in [0.1, 0.15) is 6.29 Å². The van der Waals surface area contributed by atoms with Gasteiger partial charge in [0.25, 0.3) is 0 Å². The highest BCUT2D eigenvalue weighted by atomic mass is 16.1. The zero-order valence-corrected chi connectivity index (χ0v) is 12.8. The summed E-state index contributed by atoms with van der Waals surface area (Å²) in [5.41, 5.74) is 0.749. The first-order valence-corrected chi connectivity index (χ1v) is 7.92. The lowest BCUT2D eigenvalue weighted by Gasteiger charge is -2.31. The highest BCUT2D eigenvalue weighted by Gasteiger charge is 2.29. The van der Waals surface area contributed by atoms with E-state index >= 15 is 0 Å². The van der Waals surface area contributed by atoms with Crippen molar-refractivity contribution in [1.29, 1.82) is 0 Å². The third-order valence-corrected chi connectivity index (χ3v) is 4.76. The first-order chi connectivity index (χ1) is 9.68. The lowest BCUT2D eigenvalue weighted by molar-refractivity contribution is -0.112. The van der Waals surface area contributed by atoms with Crippen molar-refractivity contribution in [3.63, 3.8) is 0 Å². The molecule has 0 N–H and O–H groups in total. The van der Waals surface area contributed by atoms with Gasteiger partial charge >= 0.3 is 0 Å². The molecule has 0 saturated carbocycles. The van der Waals surface area contributed by atoms with Gasteiger partial charge in [0.2, 0.25) is 0 Å². The lowest BCUT2D eigenvalue weighted by atomic mass is 9.83. The standard InChI is InChI=1S/C18H27NO/c1-3-16-8-7-12-19(13-11-16)14-18(2,15-20)17-9-5-4-6-10-17/h4-6,9-10,15-16H,3,7-8,11-14H2,1-2H3. The molecular weight excluding hydrogens is 246 g/mol. The van der Waals surface area contributed by atoms with Crippen LogP contribution in [0.25, 0.3) is 0 Å². The lowest BCUT2D eigenvalue weighted by Crippen LogP contribution is -2.40. The molecule has 0 aromatic heterocycles. The Labute approximate surface area is 123 Å². The van der Waals surface area contributed by atoms with E-state index < -0.39 is 0 Å². The van der Waals surface area contributed by atoms with Crippen LogP contribution in [0.2, 0.25) is 0 Å². The van der Waals surface area contributed by atoms with Crippen molar-refractivity contribution in [3.05, 3.63) is 35.9 Å². The fraction of sp³-hybridized carbons (Fsp3) is 0.611. The quantitative estimate of drug-likeness (QED) is 0.763. The van der Waals surface area contributed by atoms with E-state index in [9.17, 15) is 4.79 Å². The monoisotopic (exact) mass is 273 g/mol. The van der Waals surface area contributed by atoms with Crippen molar-refractivity contribution in [2.75, 3.05) is 19.6 Å². The Kier molecular flexibility index (Phi) is 5.36. The van der Waals surface area contributed by atoms with Gasteiger partial charge in [-0.3, -0.25) is 0 Å². The summed E-state index contributed by atoms with van der Waals surface area (Å²) in [6.07, 6.45) is 6.31. The number of aldehydes is 1. The molecule has 0 aliphatic carbocycles. The summed E-state index contributed by atoms with van der Waals surface area (Å²) in [4.78, 5) is 14.2. The van der Waals surface area contributed by atoms with E-state index in [1.54, 1.807) is 0 Å². The summed E-state index contributed by atoms with van der Waals surface area (Å²) >= 11 is 0. The molecule has 1 aromatic rings. The Morgan fingerprint density at radius 3 is 2.65 bits per heavy atom. The Bertz CT molecular complexity index is 417. The first kappa shape index (κ1) is 15.2. The number of carbonyl (C=O) groups is 1. The molecule has 20 heavy (non-hydrogen) atoms. The fourth-order valence-corrected chi connectivity index (χ4v) is 3.27. The van der Waals surface area contributed by atoms with E-state index in [2.05, 4.69) is 30.9 Å². The minimum absolute atomic E-state index is 0.382. The van der Waals surface area contributed by atoms with Crippen LogP contribution in [0, 0.1) is 5.92 Å². The third-order valence-electron chi connectivity index (χ3n) is 4.76. The number of carbonyl (C=O) groups excluding carboxylic acids is 1. The van der Waals surface area contributed by atoms with Crippen molar-refractivity contribution >= 4 is 6.29 Å². The Balaban J connectivity index is 2.04. The molecule has 1 aromatic carbocycles. The zero-order chi connectivity index (χ0) is 14.4. The van der Waals surface area contributed by atoms with E-state index in [4.69, 9.17) is 0 Å². The van der Waals surface area contributed by atoms with E-state index in [-0.39, 0.29) is 5.41 Å². The number of hydrogen-bond donors (Lipinski definition) is 0. The van der Waals surface area contributed by atoms with Gasteiger partial charge in [-0.1, -0.05) is 43.7 Å². The maximum Gasteiger partial charge on any atom is 0.131 e. The molecule has 2 unspecified atom stereocenters. The summed E-state index contributed by atoms with van der Waals surface area (Å²) in [5, 5.41) is 0. The summed E-state index contributed by atoms with van der Waals surface area (Å²) < 4.78 is 0. The van der Waals surface area contributed by atoms with Gasteiger partial charge in [0, 0.05) is 6.54 Å². The summed E-state index contributed by atoms with van der Waals surface area (Å²) in [7, 11) is 0. The van der Waals surface area contributed by atoms with Crippen molar-refractivity contribution in [3.8, 4) is 0 Å². The van der Waals surface area contributed by atoms with Gasteiger partial charge in [0.15, 0.2) is 0 Å². The minimum Gasteiger partial charge on any atom is -0.302 e. The average molecular weight is 273 g/mol. The second kappa shape index (κ2) is 7.03. The number of benzene rings is 1. The highest BCUT2D eigenvalue weighted by molar-refractivity contribution is 5.68. The van der Waals surface area contributed by atoms with Gasteiger partial charge < -0.3 is 9.69 Å². The molecule has 1 heterocycles. The molecule has 1 fully saturated rings. The summed E-state index contributed by atoms with van der Waals surface area (Å²) in [6.45, 7) is 7.47. The molecule has 1 aliphatic heterocycles. The second-order valence-corrected chi connectivity index (χ2v) is 6.38. The number of hydrogen-bond acceptors (Lipinski definition) is 2. The normalized spacial score (nSPS) is 23.8. The SMILES string of the molecule is CCC1CCCN(CC(C)(C=O)c2ccccc2)CC1. The molecule has 110 valence electrons. The molecule has 2 heteroatoms. The minimum atomic E-state index is -0.382. The Morgan fingerprint density at radius 2 is 2.00 bits per heavy atom. The van der Waals surface area contributed by atoms with Gasteiger partial charge in [-0.05, 0) is 50.8 Å². The molecule has 2 rings (SSSR count). The molecule has 0 spiro atoms. The smallest absolute Gasteiger partial charge is 0.131 e. The van der Waals surface area contributed by atoms with Crippen molar-refractivity contribution < 1.29 is 4.79 Å². The van der Waals surface area contributed by atoms with Crippen LogP contribution in [0.15, 0.2) is 30.3 Å². The van der Waals surface area contributed by atoms with Gasteiger partial charge in [-0.2, -0.15) is 0 Å². The fourth-order valence-electron chi connectivity index (χ4n) is 3.27. The van der Waals surface area contributed by atoms with Gasteiger partial charge in [-0.15, -0.1) is 0 Å². The average Bonchev–Trinajstić information content (AvgIpc) is 2.73. The molecular formula is C18H27NO. The van der Waals surface area contributed by atoms with E-state index in [1.165, 1.54) is 25.7 Å². The predicted molar refractivity (Wildman–Crippen MR) is 83.9 cm³/mol. The van der Waals surface area contributed by atoms with Crippen LogP contribution in [0.4, 0.5) is 0 Å². The van der Waals surface area contributed by atoms with E-state index in [1.807, 2.05) is 18.2 Å². The van der Waals surface area contributed by atoms with Crippen LogP contribution in [0.1, 0.15) is 45.1 Å². The molecule has 1 aliphatic rings. The van der Waals surface area contributed by atoms with Crippen molar-refractivity contribution in [2.45, 2.75) is 44.9 Å². The maximum atomic E-state index is 11.7. The largest absolute Gasteiger partial charge is 0.302 e. The summed E-state index contributed by atoms with van der Waals surface area (Å²) in [6, 6.07) is 10.2. The zero-order valence-electron chi connectivity index (χ0n) is 12.8. The number of nitrogens with zero attached hydrogens (tertiary/aromatic N) is 1. The van der Waals surface area contributed by atoms with Crippen LogP contribution in [0.5, 0.6) is 0 Å². The van der Waals surface area contributed by atoms with Crippen LogP contribution < -0.4 is 0 Å². The first-order valence-electron chi connectivity index (χ1n) is 7.92. The molecule has 0 radical (unpaired) electrons. The maximum absolute atomic E-state index is 11.7. The topological polar surface area (TPSA) is 20.3 Å². The van der Waals surface area contributed by atoms with Crippen LogP contribution in [0.3, 0.4) is 0 Å². The molecule has 0 amide bonds. The van der Waals surface area contributed by atoms with Crippen molar-refractivity contribution in [2.24, 2.45) is 5.92 Å². The third kappa shape index (κ3) is 3.69. The van der Waals surface area contributed by atoms with Gasteiger partial charge in [0.05, 0.1) is 5.41 Å². The molecule has 2 nitrogen and oxygen atoms in total. The predicted octanol–water partition coefficient (Wildman–Crippen LogP) is 3.66. The van der Waals surface area contributed by atoms with Crippen LogP contribution in [-0.2, 0) is 10.2 Å². The van der Waals surface area contributed by atoms with E-state index in [0.717, 1.165) is 37.4 Å². The molecule has 2 atom stereocenters. The van der Waals surface area contributed by atoms with Crippen LogP contribution >= 0.6 is 0 Å². The Hall–Kier alpha value is -1.15.